The Hall–Kier alpha value is -3.61. The van der Waals surface area contributed by atoms with Crippen molar-refractivity contribution >= 4 is 0 Å². The highest BCUT2D eigenvalue weighted by atomic mass is 19.1. The van der Waals surface area contributed by atoms with Gasteiger partial charge in [0.05, 0.1) is 11.1 Å². The highest BCUT2D eigenvalue weighted by Crippen LogP contribution is 2.29. The molecule has 1 aromatic heterocycles. The fourth-order valence-electron chi connectivity index (χ4n) is 2.74. The van der Waals surface area contributed by atoms with Crippen LogP contribution in [-0.4, -0.2) is 15.0 Å². The van der Waals surface area contributed by atoms with Gasteiger partial charge in [0, 0.05) is 5.56 Å². The summed E-state index contributed by atoms with van der Waals surface area (Å²) in [5, 5.41) is 0. The Labute approximate surface area is 157 Å². The highest BCUT2D eigenvalue weighted by molar-refractivity contribution is 5.67. The molecule has 0 aliphatic rings. The number of nitrogens with zero attached hydrogens (tertiary/aromatic N) is 3. The van der Waals surface area contributed by atoms with Gasteiger partial charge in [-0.1, -0.05) is 42.5 Å². The van der Waals surface area contributed by atoms with E-state index in [0.29, 0.717) is 5.56 Å². The minimum atomic E-state index is -0.898. The molecule has 0 amide bonds. The molecule has 0 bridgehead atoms. The van der Waals surface area contributed by atoms with Gasteiger partial charge in [0.15, 0.2) is 17.5 Å². The van der Waals surface area contributed by atoms with Crippen molar-refractivity contribution < 1.29 is 17.6 Å². The first-order valence-corrected chi connectivity index (χ1v) is 8.25. The van der Waals surface area contributed by atoms with Crippen molar-refractivity contribution in [2.24, 2.45) is 0 Å². The van der Waals surface area contributed by atoms with Crippen LogP contribution >= 0.6 is 0 Å². The zero-order valence-electron chi connectivity index (χ0n) is 14.2. The summed E-state index contributed by atoms with van der Waals surface area (Å²) in [6.07, 6.45) is 0. The first kappa shape index (κ1) is 17.8. The molecule has 0 radical (unpaired) electrons. The summed E-state index contributed by atoms with van der Waals surface area (Å²) in [6.45, 7) is 0. The average Bonchev–Trinajstić information content (AvgIpc) is 2.68. The molecule has 0 N–H and O–H groups in total. The van der Waals surface area contributed by atoms with Gasteiger partial charge in [0.25, 0.3) is 0 Å². The van der Waals surface area contributed by atoms with Gasteiger partial charge in [-0.3, -0.25) is 0 Å². The van der Waals surface area contributed by atoms with Crippen molar-refractivity contribution in [3.63, 3.8) is 0 Å². The van der Waals surface area contributed by atoms with Crippen LogP contribution in [0, 0.1) is 23.3 Å². The van der Waals surface area contributed by atoms with Gasteiger partial charge in [-0.2, -0.15) is 0 Å². The summed E-state index contributed by atoms with van der Waals surface area (Å²) >= 11 is 0. The second-order valence-electron chi connectivity index (χ2n) is 5.87. The maximum atomic E-state index is 14.3. The standard InChI is InChI=1S/C21H11F4N3/c22-13-8-4-9-14(23)17(13)20-26-19(12-6-2-1-3-7-12)27-21(28-20)18-15(24)10-5-11-16(18)25/h1-11H. The molecule has 0 unspecified atom stereocenters. The van der Waals surface area contributed by atoms with Crippen LogP contribution in [0.3, 0.4) is 0 Å². The monoisotopic (exact) mass is 381 g/mol. The van der Waals surface area contributed by atoms with Gasteiger partial charge >= 0.3 is 0 Å². The first-order valence-electron chi connectivity index (χ1n) is 8.25. The Morgan fingerprint density at radius 2 is 0.821 bits per heavy atom. The Morgan fingerprint density at radius 3 is 1.25 bits per heavy atom. The molecular weight excluding hydrogens is 370 g/mol. The van der Waals surface area contributed by atoms with Crippen LogP contribution in [0.15, 0.2) is 66.7 Å². The van der Waals surface area contributed by atoms with E-state index in [1.165, 1.54) is 12.1 Å². The molecule has 0 aliphatic heterocycles. The van der Waals surface area contributed by atoms with E-state index in [9.17, 15) is 17.6 Å². The summed E-state index contributed by atoms with van der Waals surface area (Å²) in [6, 6.07) is 15.1. The number of benzene rings is 3. The molecule has 3 nitrogen and oxygen atoms in total. The number of rotatable bonds is 3. The zero-order valence-corrected chi connectivity index (χ0v) is 14.2. The van der Waals surface area contributed by atoms with Crippen molar-refractivity contribution in [2.45, 2.75) is 0 Å². The lowest BCUT2D eigenvalue weighted by molar-refractivity contribution is 0.585. The Bertz CT molecular complexity index is 1050. The second kappa shape index (κ2) is 7.19. The molecule has 28 heavy (non-hydrogen) atoms. The van der Waals surface area contributed by atoms with Crippen LogP contribution in [0.2, 0.25) is 0 Å². The molecule has 1 heterocycles. The Balaban J connectivity index is 2.03. The van der Waals surface area contributed by atoms with Gasteiger partial charge in [-0.15, -0.1) is 0 Å². The van der Waals surface area contributed by atoms with E-state index in [1.54, 1.807) is 30.3 Å². The average molecular weight is 381 g/mol. The number of hydrogen-bond donors (Lipinski definition) is 0. The fourth-order valence-corrected chi connectivity index (χ4v) is 2.74. The second-order valence-corrected chi connectivity index (χ2v) is 5.87. The molecule has 3 aromatic carbocycles. The third-order valence-corrected chi connectivity index (χ3v) is 4.04. The Morgan fingerprint density at radius 1 is 0.429 bits per heavy atom. The van der Waals surface area contributed by atoms with Crippen molar-refractivity contribution in [1.82, 2.24) is 15.0 Å². The van der Waals surface area contributed by atoms with Gasteiger partial charge in [0.2, 0.25) is 0 Å². The van der Waals surface area contributed by atoms with E-state index in [1.807, 2.05) is 0 Å². The van der Waals surface area contributed by atoms with Crippen LogP contribution < -0.4 is 0 Å². The molecule has 138 valence electrons. The molecule has 0 saturated heterocycles. The number of halogens is 4. The number of aromatic nitrogens is 3. The smallest absolute Gasteiger partial charge is 0.170 e. The van der Waals surface area contributed by atoms with Crippen molar-refractivity contribution in [2.75, 3.05) is 0 Å². The van der Waals surface area contributed by atoms with E-state index >= 15 is 0 Å². The van der Waals surface area contributed by atoms with E-state index in [2.05, 4.69) is 15.0 Å². The molecular formula is C21H11F4N3. The maximum absolute atomic E-state index is 14.3. The molecule has 0 saturated carbocycles. The van der Waals surface area contributed by atoms with Crippen LogP contribution in [-0.2, 0) is 0 Å². The summed E-state index contributed by atoms with van der Waals surface area (Å²) < 4.78 is 57.1. The summed E-state index contributed by atoms with van der Waals surface area (Å²) in [5.74, 6) is -4.28. The Kier molecular flexibility index (Phi) is 4.57. The lowest BCUT2D eigenvalue weighted by atomic mass is 10.1. The van der Waals surface area contributed by atoms with Crippen molar-refractivity contribution in [1.29, 1.82) is 0 Å². The topological polar surface area (TPSA) is 38.7 Å². The minimum Gasteiger partial charge on any atom is -0.208 e. The van der Waals surface area contributed by atoms with E-state index in [4.69, 9.17) is 0 Å². The third kappa shape index (κ3) is 3.22. The van der Waals surface area contributed by atoms with Crippen molar-refractivity contribution in [3.05, 3.63) is 90.0 Å². The summed E-state index contributed by atoms with van der Waals surface area (Å²) in [7, 11) is 0. The SMILES string of the molecule is Fc1cccc(F)c1-c1nc(-c2ccccc2)nc(-c2c(F)cccc2F)n1. The van der Waals surface area contributed by atoms with E-state index < -0.39 is 34.4 Å². The fraction of sp³-hybridized carbons (Fsp3) is 0. The minimum absolute atomic E-state index is 0.0332. The lowest BCUT2D eigenvalue weighted by Gasteiger charge is -2.10. The van der Waals surface area contributed by atoms with Gasteiger partial charge in [-0.25, -0.2) is 32.5 Å². The number of hydrogen-bond acceptors (Lipinski definition) is 3. The van der Waals surface area contributed by atoms with Gasteiger partial charge < -0.3 is 0 Å². The highest BCUT2D eigenvalue weighted by Gasteiger charge is 2.21. The van der Waals surface area contributed by atoms with E-state index in [-0.39, 0.29) is 17.5 Å². The first-order chi connectivity index (χ1) is 13.5. The third-order valence-electron chi connectivity index (χ3n) is 4.04. The molecule has 7 heteroatoms. The van der Waals surface area contributed by atoms with E-state index in [0.717, 1.165) is 24.3 Å². The lowest BCUT2D eigenvalue weighted by Crippen LogP contribution is -2.04. The summed E-state index contributed by atoms with van der Waals surface area (Å²) in [4.78, 5) is 12.2. The molecule has 4 rings (SSSR count). The predicted octanol–water partition coefficient (Wildman–Crippen LogP) is 5.43. The maximum Gasteiger partial charge on any atom is 0.170 e. The predicted molar refractivity (Wildman–Crippen MR) is 96.0 cm³/mol. The van der Waals surface area contributed by atoms with Gasteiger partial charge in [0.1, 0.15) is 23.3 Å². The molecule has 0 atom stereocenters. The molecule has 4 aromatic rings. The molecule has 0 aliphatic carbocycles. The largest absolute Gasteiger partial charge is 0.208 e. The normalized spacial score (nSPS) is 10.9. The van der Waals surface area contributed by atoms with Crippen LogP contribution in [0.5, 0.6) is 0 Å². The van der Waals surface area contributed by atoms with Crippen LogP contribution in [0.1, 0.15) is 0 Å². The quantitative estimate of drug-likeness (QED) is 0.444. The van der Waals surface area contributed by atoms with Crippen molar-refractivity contribution in [3.8, 4) is 34.2 Å². The van der Waals surface area contributed by atoms with Gasteiger partial charge in [-0.05, 0) is 24.3 Å². The van der Waals surface area contributed by atoms with Crippen LogP contribution in [0.25, 0.3) is 34.2 Å². The molecule has 0 fully saturated rings. The summed E-state index contributed by atoms with van der Waals surface area (Å²) in [5.41, 5.74) is -0.499. The molecule has 0 spiro atoms. The van der Waals surface area contributed by atoms with Crippen LogP contribution in [0.4, 0.5) is 17.6 Å². The zero-order chi connectivity index (χ0) is 19.7.